The zero-order valence-electron chi connectivity index (χ0n) is 17.8. The van der Waals surface area contributed by atoms with Gasteiger partial charge in [0.2, 0.25) is 16.7 Å². The normalized spacial score (nSPS) is 15.8. The van der Waals surface area contributed by atoms with E-state index in [-0.39, 0.29) is 18.0 Å². The number of nitrogens with zero attached hydrogens (tertiary/aromatic N) is 5. The number of amides is 1. The van der Waals surface area contributed by atoms with Crippen LogP contribution in [0.5, 0.6) is 5.88 Å². The summed E-state index contributed by atoms with van der Waals surface area (Å²) < 4.78 is 11.9. The smallest absolute Gasteiger partial charge is 0.409 e. The van der Waals surface area contributed by atoms with E-state index < -0.39 is 0 Å². The van der Waals surface area contributed by atoms with Crippen molar-refractivity contribution < 1.29 is 19.1 Å². The summed E-state index contributed by atoms with van der Waals surface area (Å²) in [6.07, 6.45) is 1.25. The number of rotatable bonds is 5. The van der Waals surface area contributed by atoms with E-state index in [9.17, 15) is 9.90 Å². The molecule has 5 rings (SSSR count). The first-order valence-electron chi connectivity index (χ1n) is 10.6. The predicted molar refractivity (Wildman–Crippen MR) is 124 cm³/mol. The van der Waals surface area contributed by atoms with Crippen molar-refractivity contribution in [3.8, 4) is 17.5 Å². The molecule has 1 amide bonds. The van der Waals surface area contributed by atoms with Crippen LogP contribution in [0.2, 0.25) is 5.02 Å². The molecular weight excluding hydrogens is 466 g/mol. The van der Waals surface area contributed by atoms with Crippen molar-refractivity contribution in [1.82, 2.24) is 24.4 Å². The standard InChI is InChI=1S/C22H22ClN5O4S/c1-2-31-22(30)27-11-9-26(10-12-27)17(14-6-3-4-7-15(14)23)18-20(29)28-21(33-18)24-19(25-28)16-8-5-13-32-16/h3-8,13,17,29H,2,9-12H2,1H3. The molecule has 0 saturated carbocycles. The van der Waals surface area contributed by atoms with Crippen molar-refractivity contribution in [2.24, 2.45) is 0 Å². The highest BCUT2D eigenvalue weighted by molar-refractivity contribution is 7.17. The average Bonchev–Trinajstić information content (AvgIpc) is 3.55. The fourth-order valence-corrected chi connectivity index (χ4v) is 5.36. The number of thiazole rings is 1. The Kier molecular flexibility index (Phi) is 5.96. The minimum Gasteiger partial charge on any atom is -0.492 e. The summed E-state index contributed by atoms with van der Waals surface area (Å²) in [5.41, 5.74) is 0.870. The molecule has 1 aliphatic rings. The number of hydrogen-bond donors (Lipinski definition) is 1. The first-order chi connectivity index (χ1) is 16.1. The molecule has 1 unspecified atom stereocenters. The molecule has 172 valence electrons. The molecule has 1 N–H and O–H groups in total. The Bertz CT molecular complexity index is 1260. The Hall–Kier alpha value is -3.08. The Morgan fingerprint density at radius 1 is 1.24 bits per heavy atom. The Labute approximate surface area is 198 Å². The van der Waals surface area contributed by atoms with Gasteiger partial charge >= 0.3 is 6.09 Å². The van der Waals surface area contributed by atoms with E-state index >= 15 is 0 Å². The molecule has 33 heavy (non-hydrogen) atoms. The molecule has 11 heteroatoms. The van der Waals surface area contributed by atoms with Crippen molar-refractivity contribution in [2.75, 3.05) is 32.8 Å². The summed E-state index contributed by atoms with van der Waals surface area (Å²) in [5.74, 6) is 0.952. The minimum absolute atomic E-state index is 0.0121. The van der Waals surface area contributed by atoms with Crippen molar-refractivity contribution in [3.63, 3.8) is 0 Å². The summed E-state index contributed by atoms with van der Waals surface area (Å²) in [4.78, 5) is 21.8. The van der Waals surface area contributed by atoms with Gasteiger partial charge in [-0.05, 0) is 30.7 Å². The number of piperazine rings is 1. The van der Waals surface area contributed by atoms with Crippen LogP contribution in [-0.4, -0.2) is 68.4 Å². The summed E-state index contributed by atoms with van der Waals surface area (Å²) in [5, 5.41) is 16.2. The molecule has 9 nitrogen and oxygen atoms in total. The summed E-state index contributed by atoms with van der Waals surface area (Å²) in [7, 11) is 0. The number of hydrogen-bond acceptors (Lipinski definition) is 8. The third kappa shape index (κ3) is 4.05. The maximum Gasteiger partial charge on any atom is 0.409 e. The van der Waals surface area contributed by atoms with Gasteiger partial charge in [0.15, 0.2) is 5.76 Å². The van der Waals surface area contributed by atoms with E-state index in [0.29, 0.717) is 59.2 Å². The molecular formula is C22H22ClN5O4S. The lowest BCUT2D eigenvalue weighted by molar-refractivity contribution is 0.0715. The Morgan fingerprint density at radius 3 is 2.70 bits per heavy atom. The third-order valence-corrected chi connectivity index (χ3v) is 7.01. The number of aromatic hydroxyl groups is 1. The van der Waals surface area contributed by atoms with Gasteiger partial charge in [-0.3, -0.25) is 4.90 Å². The second-order valence-electron chi connectivity index (χ2n) is 7.54. The first-order valence-corrected chi connectivity index (χ1v) is 11.8. The van der Waals surface area contributed by atoms with Gasteiger partial charge in [-0.15, -0.1) is 5.10 Å². The molecule has 4 aromatic rings. The lowest BCUT2D eigenvalue weighted by atomic mass is 10.0. The second kappa shape index (κ2) is 9.05. The highest BCUT2D eigenvalue weighted by atomic mass is 35.5. The lowest BCUT2D eigenvalue weighted by Crippen LogP contribution is -2.50. The predicted octanol–water partition coefficient (Wildman–Crippen LogP) is 4.27. The van der Waals surface area contributed by atoms with Gasteiger partial charge in [-0.2, -0.15) is 9.50 Å². The molecule has 0 radical (unpaired) electrons. The van der Waals surface area contributed by atoms with Gasteiger partial charge < -0.3 is 19.2 Å². The van der Waals surface area contributed by atoms with Crippen LogP contribution >= 0.6 is 22.9 Å². The van der Waals surface area contributed by atoms with Crippen LogP contribution in [-0.2, 0) is 4.74 Å². The number of carbonyl (C=O) groups excluding carboxylic acids is 1. The Balaban J connectivity index is 1.50. The molecule has 0 bridgehead atoms. The van der Waals surface area contributed by atoms with Gasteiger partial charge in [0.1, 0.15) is 0 Å². The summed E-state index contributed by atoms with van der Waals surface area (Å²) in [6.45, 7) is 4.37. The molecule has 0 spiro atoms. The van der Waals surface area contributed by atoms with E-state index in [1.54, 1.807) is 30.2 Å². The first kappa shape index (κ1) is 21.7. The van der Waals surface area contributed by atoms with E-state index in [1.807, 2.05) is 24.3 Å². The monoisotopic (exact) mass is 487 g/mol. The zero-order valence-corrected chi connectivity index (χ0v) is 19.4. The van der Waals surface area contributed by atoms with Crippen LogP contribution in [0.1, 0.15) is 23.4 Å². The molecule has 1 atom stereocenters. The van der Waals surface area contributed by atoms with Crippen LogP contribution < -0.4 is 0 Å². The Morgan fingerprint density at radius 2 is 2.03 bits per heavy atom. The van der Waals surface area contributed by atoms with Crippen LogP contribution in [0.3, 0.4) is 0 Å². The van der Waals surface area contributed by atoms with Crippen LogP contribution in [0, 0.1) is 0 Å². The number of aromatic nitrogens is 3. The molecule has 1 fully saturated rings. The average molecular weight is 488 g/mol. The fraction of sp³-hybridized carbons (Fsp3) is 0.318. The lowest BCUT2D eigenvalue weighted by Gasteiger charge is -2.38. The summed E-state index contributed by atoms with van der Waals surface area (Å²) in [6, 6.07) is 10.8. The summed E-state index contributed by atoms with van der Waals surface area (Å²) >= 11 is 7.94. The molecule has 0 aliphatic carbocycles. The highest BCUT2D eigenvalue weighted by Crippen LogP contribution is 2.42. The van der Waals surface area contributed by atoms with E-state index in [1.165, 1.54) is 15.9 Å². The van der Waals surface area contributed by atoms with Gasteiger partial charge in [0, 0.05) is 31.2 Å². The van der Waals surface area contributed by atoms with Crippen molar-refractivity contribution in [1.29, 1.82) is 0 Å². The SMILES string of the molecule is CCOC(=O)N1CCN(C(c2ccccc2Cl)c2sc3nc(-c4ccco4)nn3c2O)CC1. The molecule has 4 heterocycles. The van der Waals surface area contributed by atoms with Crippen molar-refractivity contribution in [3.05, 3.63) is 58.1 Å². The number of furan rings is 1. The number of halogens is 1. The third-order valence-electron chi connectivity index (χ3n) is 5.59. The van der Waals surface area contributed by atoms with Gasteiger partial charge in [-0.1, -0.05) is 41.1 Å². The number of fused-ring (bicyclic) bond motifs is 1. The van der Waals surface area contributed by atoms with Crippen LogP contribution in [0.4, 0.5) is 4.79 Å². The van der Waals surface area contributed by atoms with Gasteiger partial charge in [-0.25, -0.2) is 4.79 Å². The molecule has 1 saturated heterocycles. The maximum absolute atomic E-state index is 12.1. The topological polar surface area (TPSA) is 96.3 Å². The van der Waals surface area contributed by atoms with E-state index in [0.717, 1.165) is 5.56 Å². The highest BCUT2D eigenvalue weighted by Gasteiger charge is 2.34. The number of benzene rings is 1. The quantitative estimate of drug-likeness (QED) is 0.449. The zero-order chi connectivity index (χ0) is 22.9. The van der Waals surface area contributed by atoms with Gasteiger partial charge in [0.25, 0.3) is 0 Å². The van der Waals surface area contributed by atoms with E-state index in [2.05, 4.69) is 15.0 Å². The molecule has 1 aromatic carbocycles. The minimum atomic E-state index is -0.316. The maximum atomic E-state index is 12.1. The van der Waals surface area contributed by atoms with Crippen LogP contribution in [0.15, 0.2) is 47.1 Å². The van der Waals surface area contributed by atoms with Crippen LogP contribution in [0.25, 0.3) is 16.5 Å². The molecule has 1 aliphatic heterocycles. The van der Waals surface area contributed by atoms with Crippen molar-refractivity contribution >= 4 is 34.0 Å². The fourth-order valence-electron chi connectivity index (χ4n) is 4.02. The van der Waals surface area contributed by atoms with E-state index in [4.69, 9.17) is 20.8 Å². The van der Waals surface area contributed by atoms with Gasteiger partial charge in [0.05, 0.1) is 23.8 Å². The number of ether oxygens (including phenoxy) is 1. The largest absolute Gasteiger partial charge is 0.492 e. The second-order valence-corrected chi connectivity index (χ2v) is 8.96. The van der Waals surface area contributed by atoms with Crippen molar-refractivity contribution in [2.45, 2.75) is 13.0 Å². The number of carbonyl (C=O) groups is 1. The molecule has 3 aromatic heterocycles.